The first kappa shape index (κ1) is 10.0. The Morgan fingerprint density at radius 1 is 1.21 bits per heavy atom. The first-order chi connectivity index (χ1) is 6.57. The molecule has 0 saturated heterocycles. The number of ether oxygens (including phenoxy) is 1. The van der Waals surface area contributed by atoms with Crippen LogP contribution in [0.2, 0.25) is 0 Å². The number of carboxylic acid groups (broad SMARTS) is 2. The van der Waals surface area contributed by atoms with Crippen molar-refractivity contribution >= 4 is 11.9 Å². The van der Waals surface area contributed by atoms with E-state index in [0.29, 0.717) is 0 Å². The SMILES string of the molecule is COc1cccc(C(=O)[O-])c1C(=O)[O-]. The number of hydrogen-bond donors (Lipinski definition) is 0. The molecule has 0 aromatic heterocycles. The highest BCUT2D eigenvalue weighted by molar-refractivity contribution is 6.02. The fourth-order valence-electron chi connectivity index (χ4n) is 1.08. The molecule has 0 radical (unpaired) electrons. The number of benzene rings is 1. The first-order valence-electron chi connectivity index (χ1n) is 3.67. The lowest BCUT2D eigenvalue weighted by molar-refractivity contribution is -0.259. The van der Waals surface area contributed by atoms with E-state index < -0.39 is 23.1 Å². The average Bonchev–Trinajstić information content (AvgIpc) is 2.16. The molecule has 0 aliphatic carbocycles. The number of methoxy groups -OCH3 is 1. The van der Waals surface area contributed by atoms with E-state index in [9.17, 15) is 19.8 Å². The number of rotatable bonds is 3. The van der Waals surface area contributed by atoms with Gasteiger partial charge in [0.2, 0.25) is 0 Å². The van der Waals surface area contributed by atoms with Crippen LogP contribution < -0.4 is 14.9 Å². The number of carbonyl (C=O) groups is 2. The Kier molecular flexibility index (Phi) is 2.71. The molecule has 1 aromatic rings. The third-order valence-corrected chi connectivity index (χ3v) is 1.67. The maximum atomic E-state index is 10.6. The third kappa shape index (κ3) is 1.66. The van der Waals surface area contributed by atoms with Crippen LogP contribution in [0.15, 0.2) is 18.2 Å². The molecule has 1 rings (SSSR count). The van der Waals surface area contributed by atoms with Crippen LogP contribution in [0.3, 0.4) is 0 Å². The van der Waals surface area contributed by atoms with Gasteiger partial charge in [0.1, 0.15) is 5.75 Å². The molecule has 1 aromatic carbocycles. The number of carbonyl (C=O) groups excluding carboxylic acids is 2. The second-order valence-corrected chi connectivity index (χ2v) is 2.46. The molecular weight excluding hydrogens is 188 g/mol. The monoisotopic (exact) mass is 194 g/mol. The minimum absolute atomic E-state index is 0.0632. The van der Waals surface area contributed by atoms with Crippen LogP contribution in [0.25, 0.3) is 0 Å². The summed E-state index contributed by atoms with van der Waals surface area (Å²) in [7, 11) is 1.24. The Labute approximate surface area is 79.6 Å². The van der Waals surface area contributed by atoms with Crippen LogP contribution >= 0.6 is 0 Å². The van der Waals surface area contributed by atoms with Crippen molar-refractivity contribution in [1.82, 2.24) is 0 Å². The van der Waals surface area contributed by atoms with E-state index in [-0.39, 0.29) is 5.75 Å². The first-order valence-corrected chi connectivity index (χ1v) is 3.67. The summed E-state index contributed by atoms with van der Waals surface area (Å²) in [6.45, 7) is 0. The summed E-state index contributed by atoms with van der Waals surface area (Å²) >= 11 is 0. The van der Waals surface area contributed by atoms with Crippen molar-refractivity contribution in [3.8, 4) is 5.75 Å². The van der Waals surface area contributed by atoms with Crippen molar-refractivity contribution in [2.24, 2.45) is 0 Å². The van der Waals surface area contributed by atoms with E-state index in [1.165, 1.54) is 19.2 Å². The molecule has 0 unspecified atom stereocenters. The van der Waals surface area contributed by atoms with Gasteiger partial charge in [-0.25, -0.2) is 0 Å². The van der Waals surface area contributed by atoms with Gasteiger partial charge in [-0.2, -0.15) is 0 Å². The van der Waals surface area contributed by atoms with Crippen molar-refractivity contribution in [2.75, 3.05) is 7.11 Å². The smallest absolute Gasteiger partial charge is 0.128 e. The predicted molar refractivity (Wildman–Crippen MR) is 41.7 cm³/mol. The zero-order valence-corrected chi connectivity index (χ0v) is 7.27. The summed E-state index contributed by atoms with van der Waals surface area (Å²) < 4.78 is 4.69. The van der Waals surface area contributed by atoms with Crippen LogP contribution in [0, 0.1) is 0 Å². The molecule has 0 aliphatic heterocycles. The lowest BCUT2D eigenvalue weighted by atomic mass is 10.1. The Hall–Kier alpha value is -2.04. The fraction of sp³-hybridized carbons (Fsp3) is 0.111. The maximum Gasteiger partial charge on any atom is 0.128 e. The van der Waals surface area contributed by atoms with Crippen molar-refractivity contribution < 1.29 is 24.5 Å². The van der Waals surface area contributed by atoms with Crippen molar-refractivity contribution in [3.05, 3.63) is 29.3 Å². The van der Waals surface area contributed by atoms with Gasteiger partial charge >= 0.3 is 0 Å². The van der Waals surface area contributed by atoms with Gasteiger partial charge in [0, 0.05) is 11.1 Å². The number of carboxylic acids is 2. The normalized spacial score (nSPS) is 9.50. The largest absolute Gasteiger partial charge is 0.545 e. The zero-order valence-electron chi connectivity index (χ0n) is 7.27. The summed E-state index contributed by atoms with van der Waals surface area (Å²) in [5.74, 6) is -3.25. The summed E-state index contributed by atoms with van der Waals surface area (Å²) in [5.41, 5.74) is -0.959. The van der Waals surface area contributed by atoms with Crippen LogP contribution in [0.1, 0.15) is 20.7 Å². The fourth-order valence-corrected chi connectivity index (χ4v) is 1.08. The molecule has 5 nitrogen and oxygen atoms in total. The zero-order chi connectivity index (χ0) is 10.7. The third-order valence-electron chi connectivity index (χ3n) is 1.67. The summed E-state index contributed by atoms with van der Waals surface area (Å²) in [6, 6.07) is 3.80. The standard InChI is InChI=1S/C9H8O5/c1-14-6-4-2-3-5(8(10)11)7(6)9(12)13/h2-4H,1H3,(H,10,11)(H,12,13)/p-2. The second-order valence-electron chi connectivity index (χ2n) is 2.46. The maximum absolute atomic E-state index is 10.6. The average molecular weight is 194 g/mol. The van der Waals surface area contributed by atoms with Gasteiger partial charge in [-0.1, -0.05) is 12.1 Å². The van der Waals surface area contributed by atoms with Crippen LogP contribution in [-0.2, 0) is 0 Å². The molecule has 0 heterocycles. The van der Waals surface area contributed by atoms with Gasteiger partial charge in [0.05, 0.1) is 19.0 Å². The lowest BCUT2D eigenvalue weighted by Crippen LogP contribution is -2.30. The molecule has 0 aliphatic rings. The van der Waals surface area contributed by atoms with E-state index in [1.807, 2.05) is 0 Å². The molecule has 0 fully saturated rings. The van der Waals surface area contributed by atoms with Gasteiger partial charge in [-0.15, -0.1) is 0 Å². The summed E-state index contributed by atoms with van der Waals surface area (Å²) in [4.78, 5) is 21.2. The van der Waals surface area contributed by atoms with Crippen LogP contribution in [0.4, 0.5) is 0 Å². The Morgan fingerprint density at radius 2 is 1.86 bits per heavy atom. The van der Waals surface area contributed by atoms with Gasteiger partial charge in [-0.3, -0.25) is 0 Å². The second kappa shape index (κ2) is 3.78. The molecule has 0 N–H and O–H groups in total. The molecule has 0 saturated carbocycles. The Bertz CT molecular complexity index is 383. The van der Waals surface area contributed by atoms with E-state index >= 15 is 0 Å². The van der Waals surface area contributed by atoms with Gasteiger partial charge in [0.25, 0.3) is 0 Å². The highest BCUT2D eigenvalue weighted by Crippen LogP contribution is 2.20. The highest BCUT2D eigenvalue weighted by Gasteiger charge is 2.10. The molecule has 74 valence electrons. The molecule has 5 heteroatoms. The number of aromatic carboxylic acids is 2. The van der Waals surface area contributed by atoms with E-state index in [4.69, 9.17) is 0 Å². The minimum Gasteiger partial charge on any atom is -0.545 e. The van der Waals surface area contributed by atoms with E-state index in [1.54, 1.807) is 0 Å². The molecule has 0 atom stereocenters. The molecule has 0 amide bonds. The van der Waals surface area contributed by atoms with E-state index in [0.717, 1.165) is 6.07 Å². The molecule has 14 heavy (non-hydrogen) atoms. The van der Waals surface area contributed by atoms with Gasteiger partial charge in [-0.05, 0) is 6.07 Å². The quantitative estimate of drug-likeness (QED) is 0.579. The molecular formula is C9H6O5-2. The predicted octanol–water partition coefficient (Wildman–Crippen LogP) is -1.58. The van der Waals surface area contributed by atoms with Crippen LogP contribution in [-0.4, -0.2) is 19.0 Å². The molecule has 0 bridgehead atoms. The Balaban J connectivity index is 3.43. The Morgan fingerprint density at radius 3 is 2.29 bits per heavy atom. The lowest BCUT2D eigenvalue weighted by Gasteiger charge is -2.14. The van der Waals surface area contributed by atoms with Crippen LogP contribution in [0.5, 0.6) is 5.75 Å². The minimum atomic E-state index is -1.61. The van der Waals surface area contributed by atoms with Crippen molar-refractivity contribution in [2.45, 2.75) is 0 Å². The summed E-state index contributed by atoms with van der Waals surface area (Å²) in [5, 5.41) is 21.2. The van der Waals surface area contributed by atoms with Gasteiger partial charge < -0.3 is 24.5 Å². The van der Waals surface area contributed by atoms with Crippen molar-refractivity contribution in [1.29, 1.82) is 0 Å². The summed E-state index contributed by atoms with van der Waals surface area (Å²) in [6.07, 6.45) is 0. The highest BCUT2D eigenvalue weighted by atomic mass is 16.5. The van der Waals surface area contributed by atoms with Crippen molar-refractivity contribution in [3.63, 3.8) is 0 Å². The number of hydrogen-bond acceptors (Lipinski definition) is 5. The molecule has 0 spiro atoms. The van der Waals surface area contributed by atoms with Gasteiger partial charge in [0.15, 0.2) is 0 Å². The topological polar surface area (TPSA) is 89.5 Å². The van der Waals surface area contributed by atoms with E-state index in [2.05, 4.69) is 4.74 Å².